The maximum atomic E-state index is 12.7. The third-order valence-electron chi connectivity index (χ3n) is 1.83. The molecule has 0 amide bonds. The first-order valence-electron chi connectivity index (χ1n) is 4.21. The Morgan fingerprint density at radius 1 is 1.54 bits per heavy atom. The number of hydrogen-bond acceptors (Lipinski definition) is 1. The van der Waals surface area contributed by atoms with E-state index < -0.39 is 5.82 Å². The Hall–Kier alpha value is -0.600. The number of aliphatic hydroxyl groups excluding tert-OH is 1. The molecule has 0 aliphatic carbocycles. The van der Waals surface area contributed by atoms with Crippen LogP contribution in [0, 0.1) is 5.82 Å². The van der Waals surface area contributed by atoms with Crippen molar-refractivity contribution < 1.29 is 9.50 Å². The van der Waals surface area contributed by atoms with Crippen LogP contribution in [0.3, 0.4) is 0 Å². The van der Waals surface area contributed by atoms with Crippen LogP contribution in [-0.2, 0) is 6.42 Å². The lowest BCUT2D eigenvalue weighted by Gasteiger charge is -2.04. The van der Waals surface area contributed by atoms with E-state index in [4.69, 9.17) is 16.7 Å². The minimum atomic E-state index is -0.400. The first-order valence-corrected chi connectivity index (χ1v) is 4.59. The maximum Gasteiger partial charge on any atom is 0.141 e. The summed E-state index contributed by atoms with van der Waals surface area (Å²) in [6.07, 6.45) is 1.06. The van der Waals surface area contributed by atoms with E-state index in [1.807, 2.05) is 0 Å². The minimum absolute atomic E-state index is 0.142. The second-order valence-corrected chi connectivity index (χ2v) is 3.54. The standard InChI is InChI=1S/C10H12ClFO/c1-7(13)2-3-8-4-5-10(12)9(11)6-8/h4-7,13H,2-3H2,1H3/t7-/m1/s1. The average Bonchev–Trinajstić information content (AvgIpc) is 2.07. The maximum absolute atomic E-state index is 12.7. The van der Waals surface area contributed by atoms with Crippen LogP contribution in [-0.4, -0.2) is 11.2 Å². The number of aliphatic hydroxyl groups is 1. The average molecular weight is 203 g/mol. The Morgan fingerprint density at radius 2 is 2.23 bits per heavy atom. The van der Waals surface area contributed by atoms with Crippen LogP contribution in [0.5, 0.6) is 0 Å². The van der Waals surface area contributed by atoms with Crippen LogP contribution in [0.4, 0.5) is 4.39 Å². The zero-order valence-corrected chi connectivity index (χ0v) is 8.18. The molecule has 0 aromatic heterocycles. The van der Waals surface area contributed by atoms with Crippen molar-refractivity contribution >= 4 is 11.6 Å². The molecule has 0 radical (unpaired) electrons. The van der Waals surface area contributed by atoms with Gasteiger partial charge < -0.3 is 5.11 Å². The van der Waals surface area contributed by atoms with Crippen molar-refractivity contribution in [2.75, 3.05) is 0 Å². The van der Waals surface area contributed by atoms with Gasteiger partial charge in [0.25, 0.3) is 0 Å². The Kier molecular flexibility index (Phi) is 3.70. The van der Waals surface area contributed by atoms with E-state index >= 15 is 0 Å². The quantitative estimate of drug-likeness (QED) is 0.799. The van der Waals surface area contributed by atoms with Gasteiger partial charge in [0, 0.05) is 0 Å². The second-order valence-electron chi connectivity index (χ2n) is 3.14. The highest BCUT2D eigenvalue weighted by atomic mass is 35.5. The van der Waals surface area contributed by atoms with Crippen molar-refractivity contribution in [2.24, 2.45) is 0 Å². The van der Waals surface area contributed by atoms with Crippen LogP contribution < -0.4 is 0 Å². The summed E-state index contributed by atoms with van der Waals surface area (Å²) in [5.41, 5.74) is 0.951. The van der Waals surface area contributed by atoms with Gasteiger partial charge in [0.2, 0.25) is 0 Å². The van der Waals surface area contributed by atoms with E-state index in [1.54, 1.807) is 19.1 Å². The van der Waals surface area contributed by atoms with Gasteiger partial charge in [-0.05, 0) is 37.5 Å². The molecule has 1 rings (SSSR count). The largest absolute Gasteiger partial charge is 0.393 e. The lowest BCUT2D eigenvalue weighted by atomic mass is 10.1. The number of rotatable bonds is 3. The fourth-order valence-corrected chi connectivity index (χ4v) is 1.27. The van der Waals surface area contributed by atoms with Crippen molar-refractivity contribution in [2.45, 2.75) is 25.9 Å². The molecule has 0 fully saturated rings. The molecule has 72 valence electrons. The van der Waals surface area contributed by atoms with Gasteiger partial charge in [0.1, 0.15) is 5.82 Å². The van der Waals surface area contributed by atoms with Crippen LogP contribution >= 0.6 is 11.6 Å². The molecule has 3 heteroatoms. The van der Waals surface area contributed by atoms with Gasteiger partial charge in [0.15, 0.2) is 0 Å². The van der Waals surface area contributed by atoms with Gasteiger partial charge in [-0.1, -0.05) is 17.7 Å². The zero-order chi connectivity index (χ0) is 9.84. The molecule has 0 aliphatic heterocycles. The summed E-state index contributed by atoms with van der Waals surface area (Å²) in [4.78, 5) is 0. The van der Waals surface area contributed by atoms with Crippen LogP contribution in [0.25, 0.3) is 0 Å². The van der Waals surface area contributed by atoms with Gasteiger partial charge in [0.05, 0.1) is 11.1 Å². The van der Waals surface area contributed by atoms with Gasteiger partial charge in [-0.2, -0.15) is 0 Å². The molecule has 0 saturated carbocycles. The van der Waals surface area contributed by atoms with E-state index in [1.165, 1.54) is 6.07 Å². The molecule has 13 heavy (non-hydrogen) atoms. The lowest BCUT2D eigenvalue weighted by molar-refractivity contribution is 0.185. The summed E-state index contributed by atoms with van der Waals surface area (Å²) >= 11 is 5.59. The van der Waals surface area contributed by atoms with Crippen LogP contribution in [0.2, 0.25) is 5.02 Å². The molecule has 0 bridgehead atoms. The number of hydrogen-bond donors (Lipinski definition) is 1. The minimum Gasteiger partial charge on any atom is -0.393 e. The summed E-state index contributed by atoms with van der Waals surface area (Å²) in [5, 5.41) is 9.17. The summed E-state index contributed by atoms with van der Waals surface area (Å²) < 4.78 is 12.7. The molecule has 0 saturated heterocycles. The van der Waals surface area contributed by atoms with Gasteiger partial charge in [-0.25, -0.2) is 4.39 Å². The predicted octanol–water partition coefficient (Wildman–Crippen LogP) is 2.79. The third-order valence-corrected chi connectivity index (χ3v) is 2.12. The van der Waals surface area contributed by atoms with Crippen LogP contribution in [0.1, 0.15) is 18.9 Å². The van der Waals surface area contributed by atoms with Gasteiger partial charge in [-0.15, -0.1) is 0 Å². The molecule has 1 N–H and O–H groups in total. The number of halogens is 2. The molecule has 0 heterocycles. The van der Waals surface area contributed by atoms with E-state index in [0.717, 1.165) is 12.0 Å². The monoisotopic (exact) mass is 202 g/mol. The number of benzene rings is 1. The highest BCUT2D eigenvalue weighted by molar-refractivity contribution is 6.30. The molecular weight excluding hydrogens is 191 g/mol. The van der Waals surface area contributed by atoms with Gasteiger partial charge in [-0.3, -0.25) is 0 Å². The zero-order valence-electron chi connectivity index (χ0n) is 7.43. The van der Waals surface area contributed by atoms with Crippen molar-refractivity contribution in [1.29, 1.82) is 0 Å². The van der Waals surface area contributed by atoms with E-state index in [-0.39, 0.29) is 11.1 Å². The Bertz CT molecular complexity index is 286. The SMILES string of the molecule is C[C@@H](O)CCc1ccc(F)c(Cl)c1. The van der Waals surface area contributed by atoms with Crippen molar-refractivity contribution in [3.8, 4) is 0 Å². The van der Waals surface area contributed by atoms with E-state index in [0.29, 0.717) is 6.42 Å². The summed E-state index contributed by atoms with van der Waals surface area (Å²) in [6.45, 7) is 1.73. The molecule has 1 aromatic carbocycles. The Labute approximate surface area is 82.2 Å². The first-order chi connectivity index (χ1) is 6.09. The van der Waals surface area contributed by atoms with Crippen LogP contribution in [0.15, 0.2) is 18.2 Å². The van der Waals surface area contributed by atoms with E-state index in [2.05, 4.69) is 0 Å². The fourth-order valence-electron chi connectivity index (χ4n) is 1.07. The molecule has 1 aromatic rings. The summed E-state index contributed by atoms with van der Waals surface area (Å²) in [5.74, 6) is -0.400. The highest BCUT2D eigenvalue weighted by Crippen LogP contribution is 2.17. The van der Waals surface area contributed by atoms with Crippen molar-refractivity contribution in [3.05, 3.63) is 34.6 Å². The molecule has 0 aliphatic rings. The lowest BCUT2D eigenvalue weighted by Crippen LogP contribution is -2.01. The Balaban J connectivity index is 2.63. The molecule has 1 atom stereocenters. The molecular formula is C10H12ClFO. The summed E-state index contributed by atoms with van der Waals surface area (Å²) in [7, 11) is 0. The molecule has 1 nitrogen and oxygen atoms in total. The Morgan fingerprint density at radius 3 is 2.77 bits per heavy atom. The van der Waals surface area contributed by atoms with Gasteiger partial charge >= 0.3 is 0 Å². The fraction of sp³-hybridized carbons (Fsp3) is 0.400. The molecule has 0 spiro atoms. The predicted molar refractivity (Wildman–Crippen MR) is 51.4 cm³/mol. The third kappa shape index (κ3) is 3.33. The normalized spacial score (nSPS) is 12.9. The smallest absolute Gasteiger partial charge is 0.141 e. The van der Waals surface area contributed by atoms with Crippen molar-refractivity contribution in [3.63, 3.8) is 0 Å². The molecule has 0 unspecified atom stereocenters. The van der Waals surface area contributed by atoms with E-state index in [9.17, 15) is 4.39 Å². The van der Waals surface area contributed by atoms with Crippen molar-refractivity contribution in [1.82, 2.24) is 0 Å². The highest BCUT2D eigenvalue weighted by Gasteiger charge is 2.02. The number of aryl methyl sites for hydroxylation is 1. The first kappa shape index (κ1) is 10.5. The second kappa shape index (κ2) is 4.58. The topological polar surface area (TPSA) is 20.2 Å². The summed E-state index contributed by atoms with van der Waals surface area (Å²) in [6, 6.07) is 4.63.